The van der Waals surface area contributed by atoms with Crippen molar-refractivity contribution in [2.75, 3.05) is 43.6 Å². The van der Waals surface area contributed by atoms with E-state index in [1.165, 1.54) is 5.56 Å². The quantitative estimate of drug-likeness (QED) is 0.931. The highest BCUT2D eigenvalue weighted by molar-refractivity contribution is 5.62. The van der Waals surface area contributed by atoms with Crippen molar-refractivity contribution in [3.05, 3.63) is 42.1 Å². The number of ether oxygens (including phenoxy) is 2. The number of hydrogen-bond donors (Lipinski definition) is 1. The number of fused-ring (bicyclic) bond motifs is 1. The highest BCUT2D eigenvalue weighted by Crippen LogP contribution is 2.33. The van der Waals surface area contributed by atoms with Gasteiger partial charge in [0, 0.05) is 38.9 Å². The van der Waals surface area contributed by atoms with E-state index in [4.69, 9.17) is 15.2 Å². The molecular weight excluding hydrogens is 292 g/mol. The van der Waals surface area contributed by atoms with Gasteiger partial charge in [-0.05, 0) is 29.8 Å². The first-order chi connectivity index (χ1) is 11.3. The Hall–Kier alpha value is -2.47. The molecule has 6 heteroatoms. The summed E-state index contributed by atoms with van der Waals surface area (Å²) in [5.74, 6) is 2.59. The van der Waals surface area contributed by atoms with Gasteiger partial charge in [-0.25, -0.2) is 4.98 Å². The van der Waals surface area contributed by atoms with Gasteiger partial charge in [0.15, 0.2) is 17.3 Å². The van der Waals surface area contributed by atoms with Crippen LogP contribution in [-0.2, 0) is 6.54 Å². The van der Waals surface area contributed by atoms with Crippen LogP contribution >= 0.6 is 0 Å². The second-order valence-corrected chi connectivity index (χ2v) is 5.87. The van der Waals surface area contributed by atoms with Gasteiger partial charge in [-0.15, -0.1) is 0 Å². The van der Waals surface area contributed by atoms with Gasteiger partial charge < -0.3 is 20.1 Å². The molecule has 23 heavy (non-hydrogen) atoms. The molecule has 0 saturated carbocycles. The van der Waals surface area contributed by atoms with E-state index in [0.29, 0.717) is 6.79 Å². The predicted molar refractivity (Wildman–Crippen MR) is 88.7 cm³/mol. The topological polar surface area (TPSA) is 63.9 Å². The molecule has 4 rings (SSSR count). The number of pyridine rings is 1. The summed E-state index contributed by atoms with van der Waals surface area (Å²) < 4.78 is 10.8. The summed E-state index contributed by atoms with van der Waals surface area (Å²) in [6, 6.07) is 9.95. The standard InChI is InChI=1S/C17H20N4O2/c18-14-2-1-5-19-17(14)21-8-6-20(7-9-21)11-13-3-4-15-16(10-13)23-12-22-15/h1-5,10H,6-9,11-12,18H2. The number of nitrogens with two attached hydrogens (primary N) is 1. The maximum atomic E-state index is 6.02. The Kier molecular flexibility index (Phi) is 3.67. The molecule has 0 unspecified atom stereocenters. The average molecular weight is 312 g/mol. The second-order valence-electron chi connectivity index (χ2n) is 5.87. The van der Waals surface area contributed by atoms with Crippen molar-refractivity contribution in [3.8, 4) is 11.5 Å². The van der Waals surface area contributed by atoms with Gasteiger partial charge in [-0.2, -0.15) is 0 Å². The van der Waals surface area contributed by atoms with E-state index in [1.807, 2.05) is 18.2 Å². The lowest BCUT2D eigenvalue weighted by Crippen LogP contribution is -2.46. The van der Waals surface area contributed by atoms with Gasteiger partial charge in [0.2, 0.25) is 6.79 Å². The van der Waals surface area contributed by atoms with Gasteiger partial charge >= 0.3 is 0 Å². The molecule has 6 nitrogen and oxygen atoms in total. The van der Waals surface area contributed by atoms with Gasteiger partial charge in [0.05, 0.1) is 5.69 Å². The van der Waals surface area contributed by atoms with E-state index in [0.717, 1.165) is 55.7 Å². The molecule has 1 saturated heterocycles. The van der Waals surface area contributed by atoms with Crippen LogP contribution in [0.3, 0.4) is 0 Å². The lowest BCUT2D eigenvalue weighted by molar-refractivity contribution is 0.174. The fourth-order valence-electron chi connectivity index (χ4n) is 3.09. The molecule has 0 amide bonds. The van der Waals surface area contributed by atoms with Crippen LogP contribution in [0.2, 0.25) is 0 Å². The Labute approximate surface area is 135 Å². The minimum atomic E-state index is 0.322. The Morgan fingerprint density at radius 1 is 1.04 bits per heavy atom. The molecule has 2 aromatic rings. The van der Waals surface area contributed by atoms with Gasteiger partial charge in [-0.1, -0.05) is 6.07 Å². The number of aromatic nitrogens is 1. The summed E-state index contributed by atoms with van der Waals surface area (Å²) in [6.07, 6.45) is 1.80. The van der Waals surface area contributed by atoms with E-state index in [2.05, 4.69) is 26.9 Å². The molecule has 2 aliphatic rings. The molecule has 120 valence electrons. The number of nitrogen functional groups attached to an aromatic ring is 1. The van der Waals surface area contributed by atoms with Crippen LogP contribution in [0.15, 0.2) is 36.5 Å². The Bertz CT molecular complexity index is 699. The molecule has 0 radical (unpaired) electrons. The zero-order chi connectivity index (χ0) is 15.6. The summed E-state index contributed by atoms with van der Waals surface area (Å²) >= 11 is 0. The molecule has 0 bridgehead atoms. The van der Waals surface area contributed by atoms with E-state index in [1.54, 1.807) is 6.20 Å². The summed E-state index contributed by atoms with van der Waals surface area (Å²) in [4.78, 5) is 9.10. The molecule has 0 atom stereocenters. The smallest absolute Gasteiger partial charge is 0.231 e. The van der Waals surface area contributed by atoms with Crippen molar-refractivity contribution in [1.29, 1.82) is 0 Å². The molecule has 2 aliphatic heterocycles. The molecule has 0 spiro atoms. The van der Waals surface area contributed by atoms with Crippen molar-refractivity contribution >= 4 is 11.5 Å². The number of hydrogen-bond acceptors (Lipinski definition) is 6. The monoisotopic (exact) mass is 312 g/mol. The maximum absolute atomic E-state index is 6.02. The van der Waals surface area contributed by atoms with Crippen LogP contribution in [0.5, 0.6) is 11.5 Å². The summed E-state index contributed by atoms with van der Waals surface area (Å²) in [5.41, 5.74) is 8.02. The van der Waals surface area contributed by atoms with Gasteiger partial charge in [0.25, 0.3) is 0 Å². The van der Waals surface area contributed by atoms with Crippen LogP contribution in [0.25, 0.3) is 0 Å². The van der Waals surface area contributed by atoms with Crippen LogP contribution < -0.4 is 20.1 Å². The second kappa shape index (κ2) is 5.96. The zero-order valence-corrected chi connectivity index (χ0v) is 12.9. The van der Waals surface area contributed by atoms with E-state index < -0.39 is 0 Å². The van der Waals surface area contributed by atoms with Crippen LogP contribution in [0, 0.1) is 0 Å². The van der Waals surface area contributed by atoms with E-state index in [9.17, 15) is 0 Å². The SMILES string of the molecule is Nc1cccnc1N1CCN(Cc2ccc3c(c2)OCO3)CC1. The highest BCUT2D eigenvalue weighted by Gasteiger charge is 2.20. The minimum Gasteiger partial charge on any atom is -0.454 e. The van der Waals surface area contributed by atoms with Crippen molar-refractivity contribution in [2.45, 2.75) is 6.54 Å². The number of rotatable bonds is 3. The average Bonchev–Trinajstić information content (AvgIpc) is 3.04. The molecule has 0 aliphatic carbocycles. The first-order valence-electron chi connectivity index (χ1n) is 7.86. The Morgan fingerprint density at radius 3 is 2.70 bits per heavy atom. The first kappa shape index (κ1) is 14.1. The molecular formula is C17H20N4O2. The highest BCUT2D eigenvalue weighted by atomic mass is 16.7. The summed E-state index contributed by atoms with van der Waals surface area (Å²) in [5, 5.41) is 0. The lowest BCUT2D eigenvalue weighted by atomic mass is 10.1. The number of benzene rings is 1. The van der Waals surface area contributed by atoms with Crippen molar-refractivity contribution in [3.63, 3.8) is 0 Å². The van der Waals surface area contributed by atoms with Gasteiger partial charge in [0.1, 0.15) is 0 Å². The molecule has 1 fully saturated rings. The number of piperazine rings is 1. The summed E-state index contributed by atoms with van der Waals surface area (Å²) in [6.45, 7) is 5.09. The normalized spacial score (nSPS) is 17.5. The zero-order valence-electron chi connectivity index (χ0n) is 12.9. The first-order valence-corrected chi connectivity index (χ1v) is 7.86. The fourth-order valence-corrected chi connectivity index (χ4v) is 3.09. The number of anilines is 2. The van der Waals surface area contributed by atoms with Crippen molar-refractivity contribution < 1.29 is 9.47 Å². The third kappa shape index (κ3) is 2.90. The molecule has 2 N–H and O–H groups in total. The largest absolute Gasteiger partial charge is 0.454 e. The number of nitrogens with zero attached hydrogens (tertiary/aromatic N) is 3. The van der Waals surface area contributed by atoms with E-state index in [-0.39, 0.29) is 0 Å². The third-order valence-corrected chi connectivity index (χ3v) is 4.33. The van der Waals surface area contributed by atoms with Gasteiger partial charge in [-0.3, -0.25) is 4.90 Å². The lowest BCUT2D eigenvalue weighted by Gasteiger charge is -2.35. The predicted octanol–water partition coefficient (Wildman–Crippen LogP) is 1.71. The van der Waals surface area contributed by atoms with Crippen LogP contribution in [0.1, 0.15) is 5.56 Å². The third-order valence-electron chi connectivity index (χ3n) is 4.33. The Morgan fingerprint density at radius 2 is 1.87 bits per heavy atom. The fraction of sp³-hybridized carbons (Fsp3) is 0.353. The van der Waals surface area contributed by atoms with E-state index >= 15 is 0 Å². The Balaban J connectivity index is 1.37. The van der Waals surface area contributed by atoms with Crippen LogP contribution in [0.4, 0.5) is 11.5 Å². The maximum Gasteiger partial charge on any atom is 0.231 e. The molecule has 1 aromatic carbocycles. The minimum absolute atomic E-state index is 0.322. The summed E-state index contributed by atoms with van der Waals surface area (Å²) in [7, 11) is 0. The molecule has 3 heterocycles. The molecule has 1 aromatic heterocycles. The van der Waals surface area contributed by atoms with Crippen molar-refractivity contribution in [2.24, 2.45) is 0 Å². The van der Waals surface area contributed by atoms with Crippen LogP contribution in [-0.4, -0.2) is 42.9 Å². The van der Waals surface area contributed by atoms with Crippen molar-refractivity contribution in [1.82, 2.24) is 9.88 Å².